The van der Waals surface area contributed by atoms with Crippen LogP contribution in [0.15, 0.2) is 94.8 Å². The van der Waals surface area contributed by atoms with Crippen LogP contribution in [0.3, 0.4) is 0 Å². The standard InChI is InChI=1S/C29H23IN2O3S/c1-2-34-23-13-11-22(12-14-23)31-29-32-28(33)27(36-29)17-19-10-15-26(25(30)16-19)35-18-21-8-5-7-20-6-3-4-9-24(20)21/h3-17H,2,18H2,1H3,(H,31,32,33)/b27-17+. The van der Waals surface area contributed by atoms with Gasteiger partial charge in [0.1, 0.15) is 18.1 Å². The van der Waals surface area contributed by atoms with E-state index in [-0.39, 0.29) is 5.91 Å². The highest BCUT2D eigenvalue weighted by Gasteiger charge is 2.24. The van der Waals surface area contributed by atoms with Crippen molar-refractivity contribution in [2.24, 2.45) is 4.99 Å². The second kappa shape index (κ2) is 11.2. The molecule has 1 saturated heterocycles. The van der Waals surface area contributed by atoms with E-state index in [0.717, 1.165) is 31.9 Å². The van der Waals surface area contributed by atoms with Crippen molar-refractivity contribution < 1.29 is 14.3 Å². The van der Waals surface area contributed by atoms with Crippen molar-refractivity contribution in [3.8, 4) is 11.5 Å². The predicted octanol–water partition coefficient (Wildman–Crippen LogP) is 7.31. The van der Waals surface area contributed by atoms with E-state index in [4.69, 9.17) is 9.47 Å². The van der Waals surface area contributed by atoms with Crippen LogP contribution in [-0.2, 0) is 11.4 Å². The fourth-order valence-electron chi connectivity index (χ4n) is 3.83. The lowest BCUT2D eigenvalue weighted by molar-refractivity contribution is -0.115. The number of carbonyl (C=O) groups is 1. The molecule has 4 aromatic rings. The van der Waals surface area contributed by atoms with Crippen molar-refractivity contribution in [1.82, 2.24) is 5.32 Å². The normalized spacial score (nSPS) is 15.4. The Bertz CT molecular complexity index is 1480. The first-order valence-corrected chi connectivity index (χ1v) is 13.4. The molecule has 4 aromatic carbocycles. The topological polar surface area (TPSA) is 59.9 Å². The molecule has 5 nitrogen and oxygen atoms in total. The summed E-state index contributed by atoms with van der Waals surface area (Å²) >= 11 is 3.60. The number of halogens is 1. The molecule has 0 radical (unpaired) electrons. The van der Waals surface area contributed by atoms with Crippen LogP contribution in [0.4, 0.5) is 5.69 Å². The molecule has 0 unspecified atom stereocenters. The third kappa shape index (κ3) is 5.74. The van der Waals surface area contributed by atoms with E-state index in [2.05, 4.69) is 63.2 Å². The van der Waals surface area contributed by atoms with Crippen LogP contribution in [0.1, 0.15) is 18.1 Å². The number of carbonyl (C=O) groups excluding carboxylic acids is 1. The quantitative estimate of drug-likeness (QED) is 0.177. The number of fused-ring (bicyclic) bond motifs is 1. The molecule has 0 atom stereocenters. The van der Waals surface area contributed by atoms with Crippen LogP contribution in [0.2, 0.25) is 0 Å². The van der Waals surface area contributed by atoms with Crippen LogP contribution >= 0.6 is 34.4 Å². The highest BCUT2D eigenvalue weighted by Crippen LogP contribution is 2.31. The average Bonchev–Trinajstić information content (AvgIpc) is 3.23. The maximum Gasteiger partial charge on any atom is 0.264 e. The SMILES string of the molecule is CCOc1ccc(N=C2NC(=O)/C(=C\c3ccc(OCc4cccc5ccccc45)c(I)c3)S2)cc1. The van der Waals surface area contributed by atoms with Gasteiger partial charge in [0.05, 0.1) is 20.8 Å². The van der Waals surface area contributed by atoms with Crippen LogP contribution in [0, 0.1) is 3.57 Å². The largest absolute Gasteiger partial charge is 0.494 e. The smallest absolute Gasteiger partial charge is 0.264 e. The van der Waals surface area contributed by atoms with Gasteiger partial charge in [0.2, 0.25) is 0 Å². The Morgan fingerprint density at radius 3 is 2.58 bits per heavy atom. The number of amidine groups is 1. The number of amides is 1. The molecule has 0 aromatic heterocycles. The molecule has 7 heteroatoms. The molecule has 0 spiro atoms. The Hall–Kier alpha value is -3.30. The lowest BCUT2D eigenvalue weighted by Gasteiger charge is -2.11. The summed E-state index contributed by atoms with van der Waals surface area (Å²) in [5.74, 6) is 1.45. The van der Waals surface area contributed by atoms with Gasteiger partial charge in [-0.05, 0) is 106 Å². The maximum atomic E-state index is 12.5. The minimum absolute atomic E-state index is 0.157. The summed E-state index contributed by atoms with van der Waals surface area (Å²) in [6.45, 7) is 3.05. The van der Waals surface area contributed by atoms with Crippen molar-refractivity contribution in [3.63, 3.8) is 0 Å². The van der Waals surface area contributed by atoms with Gasteiger partial charge in [-0.15, -0.1) is 0 Å². The number of nitrogens with one attached hydrogen (secondary N) is 1. The molecule has 5 rings (SSSR count). The fraction of sp³-hybridized carbons (Fsp3) is 0.103. The van der Waals surface area contributed by atoms with Gasteiger partial charge in [-0.2, -0.15) is 0 Å². The zero-order valence-corrected chi connectivity index (χ0v) is 22.5. The third-order valence-electron chi connectivity index (χ3n) is 5.55. The summed E-state index contributed by atoms with van der Waals surface area (Å²) in [6, 6.07) is 28.0. The number of benzene rings is 4. The van der Waals surface area contributed by atoms with E-state index in [1.54, 1.807) is 0 Å². The number of nitrogens with zero attached hydrogens (tertiary/aromatic N) is 1. The number of hydrogen-bond acceptors (Lipinski definition) is 5. The van der Waals surface area contributed by atoms with Gasteiger partial charge in [-0.25, -0.2) is 4.99 Å². The molecule has 0 aliphatic carbocycles. The third-order valence-corrected chi connectivity index (χ3v) is 7.30. The van der Waals surface area contributed by atoms with Crippen LogP contribution in [0.5, 0.6) is 11.5 Å². The van der Waals surface area contributed by atoms with Crippen molar-refractivity contribution in [2.45, 2.75) is 13.5 Å². The van der Waals surface area contributed by atoms with Gasteiger partial charge in [-0.3, -0.25) is 4.79 Å². The Balaban J connectivity index is 1.27. The summed E-state index contributed by atoms with van der Waals surface area (Å²) in [5.41, 5.74) is 2.83. The molecule has 0 saturated carbocycles. The molecule has 1 fully saturated rings. The average molecular weight is 606 g/mol. The first-order valence-electron chi connectivity index (χ1n) is 11.5. The minimum atomic E-state index is -0.157. The summed E-state index contributed by atoms with van der Waals surface area (Å²) in [4.78, 5) is 17.6. The fourth-order valence-corrected chi connectivity index (χ4v) is 5.37. The van der Waals surface area contributed by atoms with E-state index in [1.807, 2.05) is 67.6 Å². The predicted molar refractivity (Wildman–Crippen MR) is 156 cm³/mol. The lowest BCUT2D eigenvalue weighted by atomic mass is 10.1. The van der Waals surface area contributed by atoms with Crippen molar-refractivity contribution in [2.75, 3.05) is 6.61 Å². The number of ether oxygens (including phenoxy) is 2. The molecule has 1 heterocycles. The first-order chi connectivity index (χ1) is 17.6. The molecule has 1 aliphatic heterocycles. The monoisotopic (exact) mass is 606 g/mol. The van der Waals surface area contributed by atoms with Gasteiger partial charge in [0, 0.05) is 0 Å². The molecule has 1 N–H and O–H groups in total. The maximum absolute atomic E-state index is 12.5. The van der Waals surface area contributed by atoms with Gasteiger partial charge >= 0.3 is 0 Å². The summed E-state index contributed by atoms with van der Waals surface area (Å²) < 4.78 is 12.6. The second-order valence-corrected chi connectivity index (χ2v) is 10.2. The number of thioether (sulfide) groups is 1. The van der Waals surface area contributed by atoms with E-state index >= 15 is 0 Å². The second-order valence-electron chi connectivity index (χ2n) is 8.03. The Morgan fingerprint density at radius 2 is 1.78 bits per heavy atom. The summed E-state index contributed by atoms with van der Waals surface area (Å²) in [5, 5.41) is 5.79. The van der Waals surface area contributed by atoms with Crippen LogP contribution in [-0.4, -0.2) is 17.7 Å². The van der Waals surface area contributed by atoms with E-state index in [1.165, 1.54) is 22.5 Å². The lowest BCUT2D eigenvalue weighted by Crippen LogP contribution is -2.19. The first kappa shape index (κ1) is 24.4. The zero-order valence-electron chi connectivity index (χ0n) is 19.5. The number of rotatable bonds is 7. The molecule has 1 amide bonds. The minimum Gasteiger partial charge on any atom is -0.494 e. The van der Waals surface area contributed by atoms with E-state index < -0.39 is 0 Å². The molecule has 180 valence electrons. The van der Waals surface area contributed by atoms with Gasteiger partial charge in [0.15, 0.2) is 5.17 Å². The van der Waals surface area contributed by atoms with Gasteiger partial charge < -0.3 is 14.8 Å². The van der Waals surface area contributed by atoms with Crippen molar-refractivity contribution >= 4 is 68.0 Å². The Labute approximate surface area is 227 Å². The van der Waals surface area contributed by atoms with Crippen molar-refractivity contribution in [3.05, 3.63) is 105 Å². The van der Waals surface area contributed by atoms with E-state index in [0.29, 0.717) is 23.3 Å². The summed E-state index contributed by atoms with van der Waals surface area (Å²) in [6.07, 6.45) is 1.87. The number of hydrogen-bond donors (Lipinski definition) is 1. The molecule has 1 aliphatic rings. The highest BCUT2D eigenvalue weighted by molar-refractivity contribution is 14.1. The zero-order chi connectivity index (χ0) is 24.9. The Kier molecular flexibility index (Phi) is 7.58. The van der Waals surface area contributed by atoms with Crippen LogP contribution in [0.25, 0.3) is 16.8 Å². The summed E-state index contributed by atoms with van der Waals surface area (Å²) in [7, 11) is 0. The molecular formula is C29H23IN2O3S. The van der Waals surface area contributed by atoms with E-state index in [9.17, 15) is 4.79 Å². The van der Waals surface area contributed by atoms with Crippen LogP contribution < -0.4 is 14.8 Å². The Morgan fingerprint density at radius 1 is 0.972 bits per heavy atom. The highest BCUT2D eigenvalue weighted by atomic mass is 127. The van der Waals surface area contributed by atoms with Crippen molar-refractivity contribution in [1.29, 1.82) is 0 Å². The molecular weight excluding hydrogens is 583 g/mol. The molecule has 0 bridgehead atoms. The number of aliphatic imine (C=N–C) groups is 1. The van der Waals surface area contributed by atoms with Gasteiger partial charge in [-0.1, -0.05) is 48.5 Å². The van der Waals surface area contributed by atoms with Gasteiger partial charge in [0.25, 0.3) is 5.91 Å². The molecule has 36 heavy (non-hydrogen) atoms.